The maximum atomic E-state index is 11.8. The lowest BCUT2D eigenvalue weighted by Crippen LogP contribution is -2.45. The third-order valence-corrected chi connectivity index (χ3v) is 3.74. The molecule has 0 aliphatic carbocycles. The number of nitrogens with zero attached hydrogens (tertiary/aromatic N) is 1. The summed E-state index contributed by atoms with van der Waals surface area (Å²) in [5.41, 5.74) is 0. The van der Waals surface area contributed by atoms with Crippen molar-refractivity contribution in [2.45, 2.75) is 6.04 Å². The highest BCUT2D eigenvalue weighted by Gasteiger charge is 2.21. The minimum absolute atomic E-state index is 0.0313. The summed E-state index contributed by atoms with van der Waals surface area (Å²) in [6.45, 7) is 1.68. The second kappa shape index (κ2) is 9.59. The van der Waals surface area contributed by atoms with Crippen LogP contribution in [0.15, 0.2) is 0 Å². The van der Waals surface area contributed by atoms with Crippen LogP contribution in [0.2, 0.25) is 0 Å². The third kappa shape index (κ3) is 6.32. The molecule has 0 saturated carbocycles. The van der Waals surface area contributed by atoms with Crippen LogP contribution in [-0.2, 0) is 23.9 Å². The monoisotopic (exact) mass is 320 g/mol. The van der Waals surface area contributed by atoms with Crippen molar-refractivity contribution in [1.82, 2.24) is 10.2 Å². The summed E-state index contributed by atoms with van der Waals surface area (Å²) in [5.74, 6) is -0.957. The summed E-state index contributed by atoms with van der Waals surface area (Å²) in [6, 6.07) is -1.07. The smallest absolute Gasteiger partial charge is 0.330 e. The first kappa shape index (κ1) is 17.7. The molecule has 0 aromatic heterocycles. The van der Waals surface area contributed by atoms with Crippen LogP contribution in [0.3, 0.4) is 0 Å². The number of methoxy groups -OCH3 is 1. The standard InChI is InChI=1S/C12H20N2O6S/c1-19-12(18)9(6-15)13-10(16)7-21-8-11(17)14-2-4-20-5-3-14/h9,15H,2-8H2,1H3,(H,13,16). The van der Waals surface area contributed by atoms with Gasteiger partial charge in [0.05, 0.1) is 38.4 Å². The van der Waals surface area contributed by atoms with E-state index in [-0.39, 0.29) is 17.4 Å². The topological polar surface area (TPSA) is 105 Å². The van der Waals surface area contributed by atoms with Gasteiger partial charge in [0.25, 0.3) is 0 Å². The number of ether oxygens (including phenoxy) is 2. The number of aliphatic hydroxyl groups is 1. The first-order chi connectivity index (χ1) is 10.1. The van der Waals surface area contributed by atoms with E-state index in [9.17, 15) is 14.4 Å². The normalized spacial score (nSPS) is 16.2. The predicted octanol–water partition coefficient (Wildman–Crippen LogP) is -1.77. The van der Waals surface area contributed by atoms with Crippen molar-refractivity contribution < 1.29 is 29.0 Å². The highest BCUT2D eigenvalue weighted by atomic mass is 32.2. The van der Waals surface area contributed by atoms with Gasteiger partial charge >= 0.3 is 5.97 Å². The fourth-order valence-electron chi connectivity index (χ4n) is 1.69. The van der Waals surface area contributed by atoms with E-state index in [4.69, 9.17) is 9.84 Å². The summed E-state index contributed by atoms with van der Waals surface area (Å²) >= 11 is 1.16. The number of hydrogen-bond acceptors (Lipinski definition) is 7. The Bertz CT molecular complexity index is 373. The lowest BCUT2D eigenvalue weighted by atomic mass is 10.3. The van der Waals surface area contributed by atoms with Crippen molar-refractivity contribution in [3.05, 3.63) is 0 Å². The van der Waals surface area contributed by atoms with Gasteiger partial charge in [0.1, 0.15) is 0 Å². The molecular weight excluding hydrogens is 300 g/mol. The third-order valence-electron chi connectivity index (χ3n) is 2.83. The fourth-order valence-corrected chi connectivity index (χ4v) is 2.42. The Hall–Kier alpha value is -1.32. The second-order valence-electron chi connectivity index (χ2n) is 4.31. The molecule has 2 amide bonds. The minimum atomic E-state index is -1.07. The summed E-state index contributed by atoms with van der Waals surface area (Å²) in [6.07, 6.45) is 0. The van der Waals surface area contributed by atoms with Crippen LogP contribution < -0.4 is 5.32 Å². The quantitative estimate of drug-likeness (QED) is 0.535. The van der Waals surface area contributed by atoms with E-state index < -0.39 is 24.5 Å². The van der Waals surface area contributed by atoms with Gasteiger partial charge in [-0.15, -0.1) is 11.8 Å². The van der Waals surface area contributed by atoms with Gasteiger partial charge in [-0.2, -0.15) is 0 Å². The Balaban J connectivity index is 2.23. The van der Waals surface area contributed by atoms with Crippen molar-refractivity contribution in [1.29, 1.82) is 0 Å². The minimum Gasteiger partial charge on any atom is -0.467 e. The maximum Gasteiger partial charge on any atom is 0.330 e. The van der Waals surface area contributed by atoms with Gasteiger partial charge < -0.3 is 24.8 Å². The molecule has 1 heterocycles. The van der Waals surface area contributed by atoms with Crippen LogP contribution in [0.4, 0.5) is 0 Å². The second-order valence-corrected chi connectivity index (χ2v) is 5.30. The molecule has 1 saturated heterocycles. The molecule has 9 heteroatoms. The Kier molecular flexibility index (Phi) is 8.09. The molecule has 1 aliphatic heterocycles. The molecule has 1 rings (SSSR count). The number of hydrogen-bond donors (Lipinski definition) is 2. The van der Waals surface area contributed by atoms with Crippen LogP contribution in [0.5, 0.6) is 0 Å². The van der Waals surface area contributed by atoms with E-state index >= 15 is 0 Å². The van der Waals surface area contributed by atoms with Crippen LogP contribution in [0.25, 0.3) is 0 Å². The molecule has 1 aliphatic rings. The van der Waals surface area contributed by atoms with Crippen LogP contribution >= 0.6 is 11.8 Å². The molecule has 0 aromatic carbocycles. The number of carbonyl (C=O) groups excluding carboxylic acids is 3. The number of aliphatic hydroxyl groups excluding tert-OH is 1. The molecule has 8 nitrogen and oxygen atoms in total. The molecular formula is C12H20N2O6S. The number of esters is 1. The van der Waals surface area contributed by atoms with Gasteiger partial charge in [-0.05, 0) is 0 Å². The first-order valence-electron chi connectivity index (χ1n) is 6.49. The number of amides is 2. The SMILES string of the molecule is COC(=O)C(CO)NC(=O)CSCC(=O)N1CCOCC1. The number of carbonyl (C=O) groups is 3. The Morgan fingerprint density at radius 3 is 2.57 bits per heavy atom. The number of rotatable bonds is 7. The lowest BCUT2D eigenvalue weighted by Gasteiger charge is -2.26. The van der Waals surface area contributed by atoms with Crippen LogP contribution in [0.1, 0.15) is 0 Å². The molecule has 120 valence electrons. The van der Waals surface area contributed by atoms with E-state index in [2.05, 4.69) is 10.1 Å². The molecule has 2 N–H and O–H groups in total. The van der Waals surface area contributed by atoms with Gasteiger partial charge in [-0.25, -0.2) is 4.79 Å². The maximum absolute atomic E-state index is 11.8. The van der Waals surface area contributed by atoms with Gasteiger partial charge in [0, 0.05) is 13.1 Å². The zero-order valence-corrected chi connectivity index (χ0v) is 12.7. The Morgan fingerprint density at radius 2 is 2.00 bits per heavy atom. The molecule has 0 radical (unpaired) electrons. The first-order valence-corrected chi connectivity index (χ1v) is 7.65. The number of thioether (sulfide) groups is 1. The van der Waals surface area contributed by atoms with E-state index in [0.29, 0.717) is 26.3 Å². The number of nitrogens with one attached hydrogen (secondary N) is 1. The Labute approximate surface area is 127 Å². The van der Waals surface area contributed by atoms with Crippen molar-refractivity contribution >= 4 is 29.5 Å². The summed E-state index contributed by atoms with van der Waals surface area (Å²) in [4.78, 5) is 36.3. The highest BCUT2D eigenvalue weighted by Crippen LogP contribution is 2.05. The highest BCUT2D eigenvalue weighted by molar-refractivity contribution is 8.00. The van der Waals surface area contributed by atoms with E-state index in [0.717, 1.165) is 11.8 Å². The Morgan fingerprint density at radius 1 is 1.33 bits per heavy atom. The average molecular weight is 320 g/mol. The van der Waals surface area contributed by atoms with E-state index in [1.807, 2.05) is 0 Å². The van der Waals surface area contributed by atoms with Gasteiger partial charge in [0.2, 0.25) is 11.8 Å². The van der Waals surface area contributed by atoms with E-state index in [1.165, 1.54) is 7.11 Å². The molecule has 1 atom stereocenters. The predicted molar refractivity (Wildman–Crippen MR) is 75.8 cm³/mol. The van der Waals surface area contributed by atoms with Crippen molar-refractivity contribution in [2.24, 2.45) is 0 Å². The van der Waals surface area contributed by atoms with Crippen molar-refractivity contribution in [2.75, 3.05) is 51.5 Å². The van der Waals surface area contributed by atoms with Crippen molar-refractivity contribution in [3.8, 4) is 0 Å². The van der Waals surface area contributed by atoms with Crippen molar-refractivity contribution in [3.63, 3.8) is 0 Å². The fraction of sp³-hybridized carbons (Fsp3) is 0.750. The molecule has 1 fully saturated rings. The summed E-state index contributed by atoms with van der Waals surface area (Å²) in [5, 5.41) is 11.3. The van der Waals surface area contributed by atoms with E-state index in [1.54, 1.807) is 4.90 Å². The molecule has 0 spiro atoms. The molecule has 1 unspecified atom stereocenters. The lowest BCUT2D eigenvalue weighted by molar-refractivity contribution is -0.145. The zero-order chi connectivity index (χ0) is 15.7. The van der Waals surface area contributed by atoms with Gasteiger partial charge in [-0.1, -0.05) is 0 Å². The van der Waals surface area contributed by atoms with Crippen LogP contribution in [0, 0.1) is 0 Å². The van der Waals surface area contributed by atoms with Gasteiger partial charge in [-0.3, -0.25) is 9.59 Å². The van der Waals surface area contributed by atoms with Gasteiger partial charge in [0.15, 0.2) is 6.04 Å². The summed E-state index contributed by atoms with van der Waals surface area (Å²) < 4.78 is 9.58. The molecule has 0 bridgehead atoms. The molecule has 0 aromatic rings. The largest absolute Gasteiger partial charge is 0.467 e. The molecule has 21 heavy (non-hydrogen) atoms. The zero-order valence-electron chi connectivity index (χ0n) is 11.9. The van der Waals surface area contributed by atoms with Crippen LogP contribution in [-0.4, -0.2) is 85.4 Å². The summed E-state index contributed by atoms with van der Waals surface area (Å²) in [7, 11) is 1.17. The average Bonchev–Trinajstić information content (AvgIpc) is 2.52. The number of morpholine rings is 1.